The summed E-state index contributed by atoms with van der Waals surface area (Å²) in [5, 5.41) is 2.97. The van der Waals surface area contributed by atoms with Crippen LogP contribution in [0.2, 0.25) is 0 Å². The molecule has 2 amide bonds. The fourth-order valence-electron chi connectivity index (χ4n) is 2.21. The molecular formula is C18H22N2O. The zero-order valence-corrected chi connectivity index (χ0v) is 12.6. The number of rotatable bonds is 5. The van der Waals surface area contributed by atoms with Gasteiger partial charge in [0.2, 0.25) is 0 Å². The maximum Gasteiger partial charge on any atom is 0.317 e. The zero-order chi connectivity index (χ0) is 15.1. The number of amides is 2. The highest BCUT2D eigenvalue weighted by molar-refractivity contribution is 5.74. The van der Waals surface area contributed by atoms with Gasteiger partial charge in [0, 0.05) is 13.6 Å². The quantitative estimate of drug-likeness (QED) is 0.892. The molecule has 0 fully saturated rings. The molecule has 0 saturated heterocycles. The van der Waals surface area contributed by atoms with E-state index in [-0.39, 0.29) is 12.1 Å². The molecule has 2 aromatic rings. The molecule has 0 heterocycles. The molecule has 21 heavy (non-hydrogen) atoms. The molecule has 0 radical (unpaired) electrons. The van der Waals surface area contributed by atoms with E-state index < -0.39 is 0 Å². The predicted molar refractivity (Wildman–Crippen MR) is 86.2 cm³/mol. The molecule has 0 bridgehead atoms. The second-order valence-electron chi connectivity index (χ2n) is 5.17. The summed E-state index contributed by atoms with van der Waals surface area (Å²) in [6.07, 6.45) is 0.847. The van der Waals surface area contributed by atoms with Gasteiger partial charge in [0.15, 0.2) is 0 Å². The Kier molecular flexibility index (Phi) is 5.38. The number of urea groups is 1. The van der Waals surface area contributed by atoms with E-state index in [1.807, 2.05) is 62.5 Å². The third kappa shape index (κ3) is 4.35. The summed E-state index contributed by atoms with van der Waals surface area (Å²) in [5.41, 5.74) is 2.37. The Hall–Kier alpha value is -2.29. The lowest BCUT2D eigenvalue weighted by Gasteiger charge is -2.25. The molecule has 0 unspecified atom stereocenters. The molecule has 2 rings (SSSR count). The van der Waals surface area contributed by atoms with Crippen molar-refractivity contribution in [1.29, 1.82) is 0 Å². The zero-order valence-electron chi connectivity index (χ0n) is 12.6. The molecule has 1 N–H and O–H groups in total. The van der Waals surface area contributed by atoms with E-state index in [1.54, 1.807) is 4.90 Å². The molecule has 0 spiro atoms. The maximum atomic E-state index is 12.2. The van der Waals surface area contributed by atoms with Crippen molar-refractivity contribution in [1.82, 2.24) is 10.2 Å². The molecule has 3 heteroatoms. The number of benzene rings is 2. The van der Waals surface area contributed by atoms with Crippen molar-refractivity contribution < 1.29 is 4.79 Å². The van der Waals surface area contributed by atoms with Gasteiger partial charge in [0.1, 0.15) is 0 Å². The molecule has 110 valence electrons. The Morgan fingerprint density at radius 3 is 2.24 bits per heavy atom. The number of carbonyl (C=O) groups is 1. The van der Waals surface area contributed by atoms with Crippen molar-refractivity contribution in [3.05, 3.63) is 71.8 Å². The van der Waals surface area contributed by atoms with Gasteiger partial charge < -0.3 is 10.2 Å². The number of nitrogens with zero attached hydrogens (tertiary/aromatic N) is 1. The van der Waals surface area contributed by atoms with Crippen LogP contribution in [0.15, 0.2) is 60.7 Å². The first-order valence-electron chi connectivity index (χ1n) is 7.28. The molecule has 0 aliphatic heterocycles. The highest BCUT2D eigenvalue weighted by atomic mass is 16.2. The SMILES string of the molecule is C[C@@H](c1ccccc1)N(C)C(=O)NCCc1ccccc1. The highest BCUT2D eigenvalue weighted by Crippen LogP contribution is 2.17. The Labute approximate surface area is 126 Å². The van der Waals surface area contributed by atoms with Crippen molar-refractivity contribution >= 4 is 6.03 Å². The van der Waals surface area contributed by atoms with E-state index in [0.29, 0.717) is 6.54 Å². The van der Waals surface area contributed by atoms with Gasteiger partial charge in [-0.2, -0.15) is 0 Å². The van der Waals surface area contributed by atoms with Crippen molar-refractivity contribution in [2.45, 2.75) is 19.4 Å². The predicted octanol–water partition coefficient (Wildman–Crippen LogP) is 3.63. The summed E-state index contributed by atoms with van der Waals surface area (Å²) in [7, 11) is 1.83. The van der Waals surface area contributed by atoms with E-state index >= 15 is 0 Å². The topological polar surface area (TPSA) is 32.3 Å². The van der Waals surface area contributed by atoms with Crippen LogP contribution < -0.4 is 5.32 Å². The molecule has 1 atom stereocenters. The fourth-order valence-corrected chi connectivity index (χ4v) is 2.21. The van der Waals surface area contributed by atoms with Crippen LogP contribution >= 0.6 is 0 Å². The van der Waals surface area contributed by atoms with E-state index in [9.17, 15) is 4.79 Å². The molecule has 0 saturated carbocycles. The third-order valence-corrected chi connectivity index (χ3v) is 3.72. The van der Waals surface area contributed by atoms with Gasteiger partial charge in [-0.25, -0.2) is 4.79 Å². The number of hydrogen-bond donors (Lipinski definition) is 1. The fraction of sp³-hybridized carbons (Fsp3) is 0.278. The van der Waals surface area contributed by atoms with Crippen LogP contribution in [0.1, 0.15) is 24.1 Å². The molecule has 0 aliphatic rings. The minimum absolute atomic E-state index is 0.0396. The van der Waals surface area contributed by atoms with E-state index in [0.717, 1.165) is 12.0 Å². The van der Waals surface area contributed by atoms with Crippen LogP contribution in [0.25, 0.3) is 0 Å². The summed E-state index contributed by atoms with van der Waals surface area (Å²) in [6.45, 7) is 2.68. The average molecular weight is 282 g/mol. The first kappa shape index (κ1) is 15.1. The Morgan fingerprint density at radius 2 is 1.62 bits per heavy atom. The largest absolute Gasteiger partial charge is 0.338 e. The number of carbonyl (C=O) groups excluding carboxylic acids is 1. The van der Waals surface area contributed by atoms with Gasteiger partial charge in [0.25, 0.3) is 0 Å². The van der Waals surface area contributed by atoms with Crippen molar-refractivity contribution in [3.63, 3.8) is 0 Å². The number of hydrogen-bond acceptors (Lipinski definition) is 1. The van der Waals surface area contributed by atoms with Crippen molar-refractivity contribution in [3.8, 4) is 0 Å². The first-order valence-corrected chi connectivity index (χ1v) is 7.28. The summed E-state index contributed by atoms with van der Waals surface area (Å²) in [5.74, 6) is 0. The second kappa shape index (κ2) is 7.48. The van der Waals surface area contributed by atoms with Gasteiger partial charge in [-0.05, 0) is 24.5 Å². The van der Waals surface area contributed by atoms with Crippen LogP contribution in [0, 0.1) is 0 Å². The van der Waals surface area contributed by atoms with E-state index in [4.69, 9.17) is 0 Å². The molecule has 0 aromatic heterocycles. The second-order valence-corrected chi connectivity index (χ2v) is 5.17. The summed E-state index contributed by atoms with van der Waals surface area (Å²) in [4.78, 5) is 13.9. The average Bonchev–Trinajstić information content (AvgIpc) is 2.55. The maximum absolute atomic E-state index is 12.2. The minimum atomic E-state index is -0.0396. The minimum Gasteiger partial charge on any atom is -0.338 e. The molecule has 3 nitrogen and oxygen atoms in total. The normalized spacial score (nSPS) is 11.7. The molecule has 2 aromatic carbocycles. The standard InChI is InChI=1S/C18H22N2O/c1-15(17-11-7-4-8-12-17)20(2)18(21)19-14-13-16-9-5-3-6-10-16/h3-12,15H,13-14H2,1-2H3,(H,19,21)/t15-/m0/s1. The van der Waals surface area contributed by atoms with Gasteiger partial charge in [-0.15, -0.1) is 0 Å². The number of nitrogens with one attached hydrogen (secondary N) is 1. The van der Waals surface area contributed by atoms with Gasteiger partial charge in [0.05, 0.1) is 6.04 Å². The monoisotopic (exact) mass is 282 g/mol. The molecule has 0 aliphatic carbocycles. The van der Waals surface area contributed by atoms with Crippen LogP contribution in [-0.2, 0) is 6.42 Å². The lowest BCUT2D eigenvalue weighted by atomic mass is 10.1. The van der Waals surface area contributed by atoms with E-state index in [2.05, 4.69) is 17.4 Å². The summed E-state index contributed by atoms with van der Waals surface area (Å²) < 4.78 is 0. The van der Waals surface area contributed by atoms with Crippen LogP contribution in [0.5, 0.6) is 0 Å². The van der Waals surface area contributed by atoms with Crippen molar-refractivity contribution in [2.24, 2.45) is 0 Å². The lowest BCUT2D eigenvalue weighted by Crippen LogP contribution is -2.39. The van der Waals surface area contributed by atoms with Gasteiger partial charge >= 0.3 is 6.03 Å². The van der Waals surface area contributed by atoms with Crippen LogP contribution in [0.4, 0.5) is 4.79 Å². The Morgan fingerprint density at radius 1 is 1.05 bits per heavy atom. The third-order valence-electron chi connectivity index (χ3n) is 3.72. The van der Waals surface area contributed by atoms with E-state index in [1.165, 1.54) is 5.56 Å². The highest BCUT2D eigenvalue weighted by Gasteiger charge is 2.16. The smallest absolute Gasteiger partial charge is 0.317 e. The van der Waals surface area contributed by atoms with Gasteiger partial charge in [-0.1, -0.05) is 60.7 Å². The summed E-state index contributed by atoms with van der Waals surface area (Å²) in [6, 6.07) is 20.2. The Balaban J connectivity index is 1.82. The first-order chi connectivity index (χ1) is 10.2. The Bertz CT molecular complexity index is 554. The van der Waals surface area contributed by atoms with Gasteiger partial charge in [-0.3, -0.25) is 0 Å². The van der Waals surface area contributed by atoms with Crippen LogP contribution in [-0.4, -0.2) is 24.5 Å². The summed E-state index contributed by atoms with van der Waals surface area (Å²) >= 11 is 0. The van der Waals surface area contributed by atoms with Crippen LogP contribution in [0.3, 0.4) is 0 Å². The lowest BCUT2D eigenvalue weighted by molar-refractivity contribution is 0.194. The van der Waals surface area contributed by atoms with Crippen molar-refractivity contribution in [2.75, 3.05) is 13.6 Å². The molecular weight excluding hydrogens is 260 g/mol.